The maximum Gasteiger partial charge on any atom is 0.305 e. The Hall–Kier alpha value is -0.610. The third kappa shape index (κ3) is 25.4. The van der Waals surface area contributed by atoms with Gasteiger partial charge in [0.1, 0.15) is 0 Å². The summed E-state index contributed by atoms with van der Waals surface area (Å²) in [5.74, 6) is 0.585. The minimum absolute atomic E-state index is 0.0927. The molecular formula is C25H50O4. The fraction of sp³-hybridized carbons (Fsp3) is 0.960. The first-order valence-corrected chi connectivity index (χ1v) is 12.5. The van der Waals surface area contributed by atoms with Crippen molar-refractivity contribution >= 4 is 5.97 Å². The predicted molar refractivity (Wildman–Crippen MR) is 122 cm³/mol. The Balaban J connectivity index is 3.15. The van der Waals surface area contributed by atoms with E-state index in [1.165, 1.54) is 70.6 Å². The Labute approximate surface area is 181 Å². The summed E-state index contributed by atoms with van der Waals surface area (Å²) in [4.78, 5) is 11.7. The highest BCUT2D eigenvalue weighted by molar-refractivity contribution is 5.69. The van der Waals surface area contributed by atoms with E-state index in [9.17, 15) is 4.79 Å². The first kappa shape index (κ1) is 28.4. The molecule has 0 spiro atoms. The maximum absolute atomic E-state index is 11.7. The van der Waals surface area contributed by atoms with Crippen LogP contribution >= 0.6 is 0 Å². The largest absolute Gasteiger partial charge is 0.466 e. The highest BCUT2D eigenvalue weighted by atomic mass is 16.5. The lowest BCUT2D eigenvalue weighted by Crippen LogP contribution is -2.10. The van der Waals surface area contributed by atoms with E-state index in [-0.39, 0.29) is 5.97 Å². The Morgan fingerprint density at radius 1 is 0.621 bits per heavy atom. The topological polar surface area (TPSA) is 44.8 Å². The van der Waals surface area contributed by atoms with E-state index in [1.54, 1.807) is 0 Å². The molecule has 0 aliphatic heterocycles. The van der Waals surface area contributed by atoms with E-state index in [0.29, 0.717) is 38.8 Å². The molecule has 0 aromatic carbocycles. The van der Waals surface area contributed by atoms with Crippen molar-refractivity contribution in [1.82, 2.24) is 0 Å². The fourth-order valence-electron chi connectivity index (χ4n) is 3.16. The molecule has 0 aromatic rings. The molecule has 0 unspecified atom stereocenters. The van der Waals surface area contributed by atoms with Crippen molar-refractivity contribution in [1.29, 1.82) is 0 Å². The molecule has 0 bridgehead atoms. The van der Waals surface area contributed by atoms with Crippen molar-refractivity contribution in [2.45, 2.75) is 117 Å². The molecule has 0 aromatic heterocycles. The van der Waals surface area contributed by atoms with E-state index >= 15 is 0 Å². The molecule has 0 saturated heterocycles. The Kier molecular flexibility index (Phi) is 23.2. The second kappa shape index (κ2) is 23.7. The molecule has 0 heterocycles. The van der Waals surface area contributed by atoms with E-state index in [0.717, 1.165) is 25.9 Å². The van der Waals surface area contributed by atoms with Gasteiger partial charge >= 0.3 is 5.97 Å². The zero-order valence-electron chi connectivity index (χ0n) is 19.9. The third-order valence-electron chi connectivity index (χ3n) is 5.14. The van der Waals surface area contributed by atoms with E-state index in [2.05, 4.69) is 20.8 Å². The summed E-state index contributed by atoms with van der Waals surface area (Å²) in [5.41, 5.74) is 0. The van der Waals surface area contributed by atoms with Gasteiger partial charge in [-0.3, -0.25) is 4.79 Å². The molecule has 0 rings (SSSR count). The van der Waals surface area contributed by atoms with Crippen LogP contribution < -0.4 is 0 Å². The molecule has 0 atom stereocenters. The Morgan fingerprint density at radius 2 is 1.14 bits per heavy atom. The quantitative estimate of drug-likeness (QED) is 0.132. The maximum atomic E-state index is 11.7. The predicted octanol–water partition coefficient (Wildman–Crippen LogP) is 7.09. The van der Waals surface area contributed by atoms with Crippen LogP contribution in [0.25, 0.3) is 0 Å². The van der Waals surface area contributed by atoms with Crippen LogP contribution in [0.1, 0.15) is 117 Å². The van der Waals surface area contributed by atoms with Gasteiger partial charge in [-0.1, -0.05) is 91.4 Å². The lowest BCUT2D eigenvalue weighted by Gasteiger charge is -2.07. The SMILES string of the molecule is CCCCCCCCCCCCCCOC(=O)CCCOCCOCCC(C)C. The summed E-state index contributed by atoms with van der Waals surface area (Å²) >= 11 is 0. The molecule has 4 heteroatoms. The van der Waals surface area contributed by atoms with Crippen molar-refractivity contribution in [3.8, 4) is 0 Å². The summed E-state index contributed by atoms with van der Waals surface area (Å²) in [5, 5.41) is 0. The molecule has 0 radical (unpaired) electrons. The Morgan fingerprint density at radius 3 is 1.69 bits per heavy atom. The van der Waals surface area contributed by atoms with Gasteiger partial charge in [-0.05, 0) is 25.2 Å². The van der Waals surface area contributed by atoms with Crippen LogP contribution in [0.4, 0.5) is 0 Å². The van der Waals surface area contributed by atoms with Gasteiger partial charge in [-0.25, -0.2) is 0 Å². The van der Waals surface area contributed by atoms with Crippen LogP contribution in [0.5, 0.6) is 0 Å². The first-order valence-electron chi connectivity index (χ1n) is 12.5. The van der Waals surface area contributed by atoms with Gasteiger partial charge in [-0.15, -0.1) is 0 Å². The van der Waals surface area contributed by atoms with Crippen molar-refractivity contribution < 1.29 is 19.0 Å². The zero-order valence-corrected chi connectivity index (χ0v) is 19.9. The van der Waals surface area contributed by atoms with Gasteiger partial charge in [0.2, 0.25) is 0 Å². The highest BCUT2D eigenvalue weighted by Gasteiger charge is 2.03. The van der Waals surface area contributed by atoms with E-state index in [1.807, 2.05) is 0 Å². The average molecular weight is 415 g/mol. The summed E-state index contributed by atoms with van der Waals surface area (Å²) in [6, 6.07) is 0. The van der Waals surface area contributed by atoms with Crippen LogP contribution in [-0.2, 0) is 19.0 Å². The lowest BCUT2D eigenvalue weighted by atomic mass is 10.1. The number of hydrogen-bond donors (Lipinski definition) is 0. The molecule has 0 aliphatic rings. The van der Waals surface area contributed by atoms with Crippen molar-refractivity contribution in [3.05, 3.63) is 0 Å². The summed E-state index contributed by atoms with van der Waals surface area (Å²) in [6.45, 7) is 9.86. The van der Waals surface area contributed by atoms with Crippen LogP contribution in [0.15, 0.2) is 0 Å². The molecule has 0 amide bonds. The van der Waals surface area contributed by atoms with Crippen LogP contribution in [-0.4, -0.2) is 39.0 Å². The fourth-order valence-corrected chi connectivity index (χ4v) is 3.16. The summed E-state index contributed by atoms with van der Waals surface area (Å²) in [6.07, 6.45) is 18.1. The number of rotatable bonds is 23. The van der Waals surface area contributed by atoms with Gasteiger partial charge in [-0.2, -0.15) is 0 Å². The number of ether oxygens (including phenoxy) is 3. The molecule has 174 valence electrons. The average Bonchev–Trinajstić information content (AvgIpc) is 2.70. The summed E-state index contributed by atoms with van der Waals surface area (Å²) in [7, 11) is 0. The van der Waals surface area contributed by atoms with Gasteiger partial charge in [0.25, 0.3) is 0 Å². The van der Waals surface area contributed by atoms with E-state index in [4.69, 9.17) is 14.2 Å². The second-order valence-corrected chi connectivity index (χ2v) is 8.62. The normalized spacial score (nSPS) is 11.3. The van der Waals surface area contributed by atoms with Crippen LogP contribution in [0.2, 0.25) is 0 Å². The smallest absolute Gasteiger partial charge is 0.305 e. The zero-order chi connectivity index (χ0) is 21.4. The number of hydrogen-bond acceptors (Lipinski definition) is 4. The number of esters is 1. The third-order valence-corrected chi connectivity index (χ3v) is 5.14. The monoisotopic (exact) mass is 414 g/mol. The first-order chi connectivity index (χ1) is 14.2. The molecule has 0 N–H and O–H groups in total. The summed E-state index contributed by atoms with van der Waals surface area (Å²) < 4.78 is 16.3. The molecule has 0 aliphatic carbocycles. The van der Waals surface area contributed by atoms with Crippen LogP contribution in [0.3, 0.4) is 0 Å². The Bertz CT molecular complexity index is 331. The van der Waals surface area contributed by atoms with Gasteiger partial charge < -0.3 is 14.2 Å². The minimum atomic E-state index is -0.0927. The molecule has 0 saturated carbocycles. The molecule has 29 heavy (non-hydrogen) atoms. The molecule has 4 nitrogen and oxygen atoms in total. The van der Waals surface area contributed by atoms with E-state index < -0.39 is 0 Å². The highest BCUT2D eigenvalue weighted by Crippen LogP contribution is 2.12. The molecular weight excluding hydrogens is 364 g/mol. The molecule has 0 fully saturated rings. The van der Waals surface area contributed by atoms with Crippen LogP contribution in [0, 0.1) is 5.92 Å². The second-order valence-electron chi connectivity index (χ2n) is 8.62. The van der Waals surface area contributed by atoms with Gasteiger partial charge in [0, 0.05) is 19.6 Å². The lowest BCUT2D eigenvalue weighted by molar-refractivity contribution is -0.144. The number of carbonyl (C=O) groups is 1. The van der Waals surface area contributed by atoms with Gasteiger partial charge in [0.15, 0.2) is 0 Å². The standard InChI is InChI=1S/C25H50O4/c1-4-5-6-7-8-9-10-11-12-13-14-15-20-29-25(26)17-16-19-27-22-23-28-21-18-24(2)3/h24H,4-23H2,1-3H3. The number of unbranched alkanes of at least 4 members (excludes halogenated alkanes) is 11. The minimum Gasteiger partial charge on any atom is -0.466 e. The van der Waals surface area contributed by atoms with Gasteiger partial charge in [0.05, 0.1) is 19.8 Å². The van der Waals surface area contributed by atoms with Crippen molar-refractivity contribution in [3.63, 3.8) is 0 Å². The van der Waals surface area contributed by atoms with Crippen molar-refractivity contribution in [2.75, 3.05) is 33.0 Å². The number of carbonyl (C=O) groups excluding carboxylic acids is 1. The van der Waals surface area contributed by atoms with Crippen molar-refractivity contribution in [2.24, 2.45) is 5.92 Å².